The molecule has 0 saturated carbocycles. The van der Waals surface area contributed by atoms with Gasteiger partial charge in [-0.2, -0.15) is 0 Å². The summed E-state index contributed by atoms with van der Waals surface area (Å²) in [6.45, 7) is 5.56. The molecular weight excluding hydrogens is 174 g/mol. The minimum atomic E-state index is 0.267. The highest BCUT2D eigenvalue weighted by molar-refractivity contribution is 5.11. The predicted molar refractivity (Wildman–Crippen MR) is 57.4 cm³/mol. The zero-order chi connectivity index (χ0) is 10.0. The van der Waals surface area contributed by atoms with Gasteiger partial charge in [-0.3, -0.25) is 0 Å². The fourth-order valence-corrected chi connectivity index (χ4v) is 2.20. The average molecular weight is 193 g/mol. The number of rotatable bonds is 3. The molecule has 1 atom stereocenters. The van der Waals surface area contributed by atoms with Gasteiger partial charge in [-0.05, 0) is 38.4 Å². The molecule has 1 saturated heterocycles. The summed E-state index contributed by atoms with van der Waals surface area (Å²) in [5.74, 6) is 2.22. The Morgan fingerprint density at radius 2 is 2.21 bits per heavy atom. The third-order valence-corrected chi connectivity index (χ3v) is 3.09. The third kappa shape index (κ3) is 2.01. The number of hydrogen-bond donors (Lipinski definition) is 1. The van der Waals surface area contributed by atoms with Gasteiger partial charge in [0.05, 0.1) is 0 Å². The van der Waals surface area contributed by atoms with Crippen LogP contribution >= 0.6 is 0 Å². The molecule has 1 fully saturated rings. The van der Waals surface area contributed by atoms with E-state index in [4.69, 9.17) is 4.42 Å². The standard InChI is InChI=1S/C12H19NO/c1-3-10-5-6-11(14-10)9-12(2)7-4-8-13-12/h5-6,13H,3-4,7-9H2,1-2H3. The second-order valence-corrected chi connectivity index (χ2v) is 4.49. The monoisotopic (exact) mass is 193 g/mol. The minimum absolute atomic E-state index is 0.267. The summed E-state index contributed by atoms with van der Waals surface area (Å²) < 4.78 is 5.72. The van der Waals surface area contributed by atoms with E-state index in [1.54, 1.807) is 0 Å². The molecule has 78 valence electrons. The first kappa shape index (κ1) is 9.78. The summed E-state index contributed by atoms with van der Waals surface area (Å²) in [5, 5.41) is 3.55. The van der Waals surface area contributed by atoms with Crippen molar-refractivity contribution in [2.45, 2.75) is 45.1 Å². The van der Waals surface area contributed by atoms with Gasteiger partial charge in [0, 0.05) is 18.4 Å². The van der Waals surface area contributed by atoms with Crippen molar-refractivity contribution in [3.05, 3.63) is 23.7 Å². The van der Waals surface area contributed by atoms with E-state index < -0.39 is 0 Å². The molecule has 0 aliphatic carbocycles. The van der Waals surface area contributed by atoms with Crippen LogP contribution in [0.5, 0.6) is 0 Å². The van der Waals surface area contributed by atoms with Crippen molar-refractivity contribution in [2.75, 3.05) is 6.54 Å². The van der Waals surface area contributed by atoms with Crippen LogP contribution < -0.4 is 5.32 Å². The van der Waals surface area contributed by atoms with Crippen LogP contribution in [-0.2, 0) is 12.8 Å². The van der Waals surface area contributed by atoms with Crippen molar-refractivity contribution < 1.29 is 4.42 Å². The Morgan fingerprint density at radius 3 is 2.79 bits per heavy atom. The number of nitrogens with one attached hydrogen (secondary N) is 1. The molecule has 0 spiro atoms. The average Bonchev–Trinajstić information content (AvgIpc) is 2.75. The lowest BCUT2D eigenvalue weighted by Crippen LogP contribution is -2.38. The highest BCUT2D eigenvalue weighted by Gasteiger charge is 2.29. The van der Waals surface area contributed by atoms with Gasteiger partial charge in [-0.25, -0.2) is 0 Å². The second kappa shape index (κ2) is 3.77. The molecule has 2 rings (SSSR count). The Balaban J connectivity index is 2.02. The van der Waals surface area contributed by atoms with E-state index in [0.717, 1.165) is 30.9 Å². The molecule has 0 radical (unpaired) electrons. The van der Waals surface area contributed by atoms with Gasteiger partial charge in [0.25, 0.3) is 0 Å². The van der Waals surface area contributed by atoms with Crippen LogP contribution in [0.3, 0.4) is 0 Å². The molecule has 14 heavy (non-hydrogen) atoms. The Morgan fingerprint density at radius 1 is 1.43 bits per heavy atom. The first-order valence-corrected chi connectivity index (χ1v) is 5.54. The quantitative estimate of drug-likeness (QED) is 0.798. The van der Waals surface area contributed by atoms with E-state index >= 15 is 0 Å². The fraction of sp³-hybridized carbons (Fsp3) is 0.667. The Kier molecular flexibility index (Phi) is 2.64. The Labute approximate surface area is 85.7 Å². The van der Waals surface area contributed by atoms with Crippen LogP contribution in [0.2, 0.25) is 0 Å². The van der Waals surface area contributed by atoms with Crippen molar-refractivity contribution in [3.63, 3.8) is 0 Å². The molecule has 2 heterocycles. The summed E-state index contributed by atoms with van der Waals surface area (Å²) in [5.41, 5.74) is 0.267. The zero-order valence-electron chi connectivity index (χ0n) is 9.10. The molecule has 1 N–H and O–H groups in total. The molecule has 1 aromatic heterocycles. The summed E-state index contributed by atoms with van der Waals surface area (Å²) >= 11 is 0. The van der Waals surface area contributed by atoms with Crippen molar-refractivity contribution in [1.82, 2.24) is 5.32 Å². The van der Waals surface area contributed by atoms with Crippen LogP contribution in [0.1, 0.15) is 38.2 Å². The maximum Gasteiger partial charge on any atom is 0.106 e. The molecule has 1 aliphatic heterocycles. The van der Waals surface area contributed by atoms with Gasteiger partial charge in [0.15, 0.2) is 0 Å². The normalized spacial score (nSPS) is 27.0. The Bertz CT molecular complexity index is 297. The van der Waals surface area contributed by atoms with Crippen LogP contribution in [0.15, 0.2) is 16.5 Å². The lowest BCUT2D eigenvalue weighted by Gasteiger charge is -2.22. The van der Waals surface area contributed by atoms with Crippen molar-refractivity contribution in [1.29, 1.82) is 0 Å². The molecule has 0 bridgehead atoms. The second-order valence-electron chi connectivity index (χ2n) is 4.49. The van der Waals surface area contributed by atoms with Crippen LogP contribution in [0.25, 0.3) is 0 Å². The van der Waals surface area contributed by atoms with E-state index in [1.807, 2.05) is 0 Å². The molecule has 1 aromatic rings. The van der Waals surface area contributed by atoms with E-state index in [2.05, 4.69) is 31.3 Å². The maximum absolute atomic E-state index is 5.72. The smallest absolute Gasteiger partial charge is 0.106 e. The van der Waals surface area contributed by atoms with Gasteiger partial charge >= 0.3 is 0 Å². The van der Waals surface area contributed by atoms with Crippen molar-refractivity contribution in [2.24, 2.45) is 0 Å². The number of furan rings is 1. The van der Waals surface area contributed by atoms with Gasteiger partial charge < -0.3 is 9.73 Å². The largest absolute Gasteiger partial charge is 0.466 e. The van der Waals surface area contributed by atoms with Crippen LogP contribution in [0.4, 0.5) is 0 Å². The topological polar surface area (TPSA) is 25.2 Å². The fourth-order valence-electron chi connectivity index (χ4n) is 2.20. The molecular formula is C12H19NO. The summed E-state index contributed by atoms with van der Waals surface area (Å²) in [6, 6.07) is 4.21. The molecule has 1 aliphatic rings. The SMILES string of the molecule is CCc1ccc(CC2(C)CCCN2)o1. The van der Waals surface area contributed by atoms with Crippen molar-refractivity contribution in [3.8, 4) is 0 Å². The first-order chi connectivity index (χ1) is 6.72. The number of aryl methyl sites for hydroxylation is 1. The summed E-state index contributed by atoms with van der Waals surface area (Å²) in [6.07, 6.45) is 4.56. The Hall–Kier alpha value is -0.760. The summed E-state index contributed by atoms with van der Waals surface area (Å²) in [7, 11) is 0. The summed E-state index contributed by atoms with van der Waals surface area (Å²) in [4.78, 5) is 0. The molecule has 0 amide bonds. The molecule has 1 unspecified atom stereocenters. The zero-order valence-corrected chi connectivity index (χ0v) is 9.10. The lowest BCUT2D eigenvalue weighted by molar-refractivity contribution is 0.362. The van der Waals surface area contributed by atoms with Gasteiger partial charge in [-0.15, -0.1) is 0 Å². The van der Waals surface area contributed by atoms with Gasteiger partial charge in [-0.1, -0.05) is 6.92 Å². The highest BCUT2D eigenvalue weighted by atomic mass is 16.3. The van der Waals surface area contributed by atoms with Crippen molar-refractivity contribution >= 4 is 0 Å². The molecule has 2 heteroatoms. The van der Waals surface area contributed by atoms with E-state index in [1.165, 1.54) is 12.8 Å². The number of hydrogen-bond acceptors (Lipinski definition) is 2. The van der Waals surface area contributed by atoms with E-state index in [-0.39, 0.29) is 5.54 Å². The first-order valence-electron chi connectivity index (χ1n) is 5.54. The van der Waals surface area contributed by atoms with Gasteiger partial charge in [0.2, 0.25) is 0 Å². The maximum atomic E-state index is 5.72. The highest BCUT2D eigenvalue weighted by Crippen LogP contribution is 2.24. The van der Waals surface area contributed by atoms with E-state index in [9.17, 15) is 0 Å². The molecule has 0 aromatic carbocycles. The van der Waals surface area contributed by atoms with E-state index in [0.29, 0.717) is 0 Å². The van der Waals surface area contributed by atoms with Crippen LogP contribution in [0, 0.1) is 0 Å². The molecule has 2 nitrogen and oxygen atoms in total. The predicted octanol–water partition coefficient (Wildman–Crippen LogP) is 2.53. The van der Waals surface area contributed by atoms with Crippen LogP contribution in [-0.4, -0.2) is 12.1 Å². The third-order valence-electron chi connectivity index (χ3n) is 3.09. The lowest BCUT2D eigenvalue weighted by atomic mass is 9.95. The minimum Gasteiger partial charge on any atom is -0.466 e. The van der Waals surface area contributed by atoms with Gasteiger partial charge in [0.1, 0.15) is 11.5 Å².